The fourth-order valence-electron chi connectivity index (χ4n) is 0.926. The molecule has 0 unspecified atom stereocenters. The number of aliphatic hydroxyl groups excluding tert-OH is 1. The van der Waals surface area contributed by atoms with E-state index < -0.39 is 0 Å². The molecular formula is C8H15N3O. The molecule has 1 rings (SSSR count). The van der Waals surface area contributed by atoms with E-state index in [1.807, 2.05) is 24.9 Å². The number of aromatic nitrogens is 2. The molecule has 1 N–H and O–H groups in total. The lowest BCUT2D eigenvalue weighted by Gasteiger charge is -2.08. The number of imidazole rings is 1. The van der Waals surface area contributed by atoms with E-state index in [1.54, 1.807) is 6.33 Å². The number of hydrogen-bond acceptors (Lipinski definition) is 3. The molecule has 1 heterocycles. The molecule has 0 spiro atoms. The van der Waals surface area contributed by atoms with Crippen LogP contribution in [0.1, 0.15) is 5.69 Å². The Morgan fingerprint density at radius 3 is 2.83 bits per heavy atom. The standard InChI is InChI=1S/C8H15N3O/c1-10(2)3-4-11-5-8(6-12)9-7-11/h5,7,12H,3-4,6H2,1-2H3. The van der Waals surface area contributed by atoms with Gasteiger partial charge in [0.05, 0.1) is 18.6 Å². The number of hydrogen-bond donors (Lipinski definition) is 1. The summed E-state index contributed by atoms with van der Waals surface area (Å²) in [5, 5.41) is 8.74. The molecule has 0 aliphatic heterocycles. The molecule has 0 atom stereocenters. The summed E-state index contributed by atoms with van der Waals surface area (Å²) >= 11 is 0. The Hall–Kier alpha value is -0.870. The Morgan fingerprint density at radius 1 is 1.58 bits per heavy atom. The smallest absolute Gasteiger partial charge is 0.0950 e. The van der Waals surface area contributed by atoms with Crippen molar-refractivity contribution in [2.24, 2.45) is 0 Å². The highest BCUT2D eigenvalue weighted by atomic mass is 16.3. The maximum absolute atomic E-state index is 8.74. The zero-order valence-corrected chi connectivity index (χ0v) is 7.56. The second kappa shape index (κ2) is 4.23. The van der Waals surface area contributed by atoms with Crippen molar-refractivity contribution in [1.82, 2.24) is 14.5 Å². The molecule has 4 nitrogen and oxygen atoms in total. The first-order valence-electron chi connectivity index (χ1n) is 3.98. The van der Waals surface area contributed by atoms with Crippen LogP contribution in [0.3, 0.4) is 0 Å². The summed E-state index contributed by atoms with van der Waals surface area (Å²) in [7, 11) is 4.06. The molecular weight excluding hydrogens is 154 g/mol. The van der Waals surface area contributed by atoms with Crippen LogP contribution in [0.2, 0.25) is 0 Å². The van der Waals surface area contributed by atoms with Gasteiger partial charge in [-0.3, -0.25) is 0 Å². The van der Waals surface area contributed by atoms with Crippen LogP contribution < -0.4 is 0 Å². The van der Waals surface area contributed by atoms with Crippen LogP contribution in [0.25, 0.3) is 0 Å². The van der Waals surface area contributed by atoms with Crippen molar-refractivity contribution < 1.29 is 5.11 Å². The maximum Gasteiger partial charge on any atom is 0.0950 e. The van der Waals surface area contributed by atoms with Crippen molar-refractivity contribution in [2.75, 3.05) is 20.6 Å². The van der Waals surface area contributed by atoms with Crippen molar-refractivity contribution in [3.05, 3.63) is 18.2 Å². The van der Waals surface area contributed by atoms with E-state index >= 15 is 0 Å². The van der Waals surface area contributed by atoms with Crippen LogP contribution in [0.5, 0.6) is 0 Å². The van der Waals surface area contributed by atoms with Gasteiger partial charge in [0.2, 0.25) is 0 Å². The van der Waals surface area contributed by atoms with E-state index in [9.17, 15) is 0 Å². The molecule has 1 aromatic heterocycles. The maximum atomic E-state index is 8.74. The molecule has 0 aliphatic rings. The minimum atomic E-state index is 0.0228. The normalized spacial score (nSPS) is 11.0. The van der Waals surface area contributed by atoms with Gasteiger partial charge in [-0.1, -0.05) is 0 Å². The number of rotatable bonds is 4. The molecule has 0 radical (unpaired) electrons. The van der Waals surface area contributed by atoms with E-state index in [2.05, 4.69) is 9.88 Å². The first kappa shape index (κ1) is 9.22. The van der Waals surface area contributed by atoms with Gasteiger partial charge in [-0.25, -0.2) is 4.98 Å². The van der Waals surface area contributed by atoms with E-state index in [-0.39, 0.29) is 6.61 Å². The van der Waals surface area contributed by atoms with Gasteiger partial charge in [0.15, 0.2) is 0 Å². The van der Waals surface area contributed by atoms with Crippen LogP contribution in [-0.4, -0.2) is 40.2 Å². The summed E-state index contributed by atoms with van der Waals surface area (Å²) in [6.07, 6.45) is 3.61. The molecule has 0 saturated carbocycles. The van der Waals surface area contributed by atoms with Crippen LogP contribution in [0.4, 0.5) is 0 Å². The zero-order chi connectivity index (χ0) is 8.97. The van der Waals surface area contributed by atoms with Gasteiger partial charge in [0.1, 0.15) is 0 Å². The van der Waals surface area contributed by atoms with Crippen molar-refractivity contribution in [2.45, 2.75) is 13.2 Å². The van der Waals surface area contributed by atoms with E-state index in [0.29, 0.717) is 0 Å². The van der Waals surface area contributed by atoms with Gasteiger partial charge < -0.3 is 14.6 Å². The van der Waals surface area contributed by atoms with Crippen molar-refractivity contribution >= 4 is 0 Å². The molecule has 0 saturated heterocycles. The molecule has 0 amide bonds. The zero-order valence-electron chi connectivity index (χ0n) is 7.56. The molecule has 68 valence electrons. The fraction of sp³-hybridized carbons (Fsp3) is 0.625. The van der Waals surface area contributed by atoms with Gasteiger partial charge >= 0.3 is 0 Å². The van der Waals surface area contributed by atoms with Crippen LogP contribution in [0.15, 0.2) is 12.5 Å². The second-order valence-corrected chi connectivity index (χ2v) is 3.06. The highest BCUT2D eigenvalue weighted by Crippen LogP contribution is 1.95. The lowest BCUT2D eigenvalue weighted by molar-refractivity contribution is 0.277. The summed E-state index contributed by atoms with van der Waals surface area (Å²) in [4.78, 5) is 6.12. The SMILES string of the molecule is CN(C)CCn1cnc(CO)c1. The van der Waals surface area contributed by atoms with Crippen molar-refractivity contribution in [1.29, 1.82) is 0 Å². The van der Waals surface area contributed by atoms with Gasteiger partial charge in [-0.05, 0) is 14.1 Å². The van der Waals surface area contributed by atoms with E-state index in [1.165, 1.54) is 0 Å². The lowest BCUT2D eigenvalue weighted by Crippen LogP contribution is -2.17. The summed E-state index contributed by atoms with van der Waals surface area (Å²) in [6.45, 7) is 1.93. The minimum absolute atomic E-state index is 0.0228. The van der Waals surface area contributed by atoms with Crippen molar-refractivity contribution in [3.63, 3.8) is 0 Å². The topological polar surface area (TPSA) is 41.3 Å². The summed E-state index contributed by atoms with van der Waals surface area (Å²) in [5.74, 6) is 0. The third-order valence-electron chi connectivity index (χ3n) is 1.65. The first-order chi connectivity index (χ1) is 5.72. The molecule has 0 aliphatic carbocycles. The largest absolute Gasteiger partial charge is 0.390 e. The molecule has 0 fully saturated rings. The number of aliphatic hydroxyl groups is 1. The van der Waals surface area contributed by atoms with Crippen LogP contribution in [0, 0.1) is 0 Å². The third kappa shape index (κ3) is 2.64. The number of likely N-dealkylation sites (N-methyl/N-ethyl adjacent to an activating group) is 1. The quantitative estimate of drug-likeness (QED) is 0.686. The summed E-state index contributed by atoms with van der Waals surface area (Å²) < 4.78 is 1.98. The van der Waals surface area contributed by atoms with E-state index in [4.69, 9.17) is 5.11 Å². The summed E-state index contributed by atoms with van der Waals surface area (Å²) in [5.41, 5.74) is 0.730. The van der Waals surface area contributed by atoms with Gasteiger partial charge in [-0.2, -0.15) is 0 Å². The predicted molar refractivity (Wildman–Crippen MR) is 46.7 cm³/mol. The fourth-order valence-corrected chi connectivity index (χ4v) is 0.926. The van der Waals surface area contributed by atoms with Gasteiger partial charge in [0, 0.05) is 19.3 Å². The molecule has 0 bridgehead atoms. The minimum Gasteiger partial charge on any atom is -0.390 e. The highest BCUT2D eigenvalue weighted by molar-refractivity contribution is 4.93. The molecule has 0 aromatic carbocycles. The molecule has 4 heteroatoms. The van der Waals surface area contributed by atoms with Crippen molar-refractivity contribution in [3.8, 4) is 0 Å². The Bertz CT molecular complexity index is 232. The van der Waals surface area contributed by atoms with Crippen LogP contribution in [-0.2, 0) is 13.2 Å². The molecule has 1 aromatic rings. The van der Waals surface area contributed by atoms with Gasteiger partial charge in [-0.15, -0.1) is 0 Å². The van der Waals surface area contributed by atoms with Gasteiger partial charge in [0.25, 0.3) is 0 Å². The lowest BCUT2D eigenvalue weighted by atomic mass is 10.5. The number of nitrogens with zero attached hydrogens (tertiary/aromatic N) is 3. The first-order valence-corrected chi connectivity index (χ1v) is 3.98. The predicted octanol–water partition coefficient (Wildman–Crippen LogP) is -0.0630. The second-order valence-electron chi connectivity index (χ2n) is 3.06. The third-order valence-corrected chi connectivity index (χ3v) is 1.65. The Balaban J connectivity index is 2.41. The molecule has 12 heavy (non-hydrogen) atoms. The monoisotopic (exact) mass is 169 g/mol. The average Bonchev–Trinajstić information content (AvgIpc) is 2.48. The Labute approximate surface area is 72.4 Å². The summed E-state index contributed by atoms with van der Waals surface area (Å²) in [6, 6.07) is 0. The van der Waals surface area contributed by atoms with E-state index in [0.717, 1.165) is 18.8 Å². The van der Waals surface area contributed by atoms with Crippen LogP contribution >= 0.6 is 0 Å². The Morgan fingerprint density at radius 2 is 2.33 bits per heavy atom. The average molecular weight is 169 g/mol. The highest BCUT2D eigenvalue weighted by Gasteiger charge is 1.96. The Kier molecular flexibility index (Phi) is 3.25.